The Morgan fingerprint density at radius 1 is 1.26 bits per heavy atom. The first-order valence-electron chi connectivity index (χ1n) is 13.5. The molecule has 0 radical (unpaired) electrons. The first-order valence-corrected chi connectivity index (χ1v) is 13.9. The van der Waals surface area contributed by atoms with Gasteiger partial charge in [-0.25, -0.2) is 9.59 Å². The van der Waals surface area contributed by atoms with E-state index in [-0.39, 0.29) is 25.2 Å². The Labute approximate surface area is 230 Å². The molecule has 2 aliphatic heterocycles. The monoisotopic (exact) mass is 555 g/mol. The molecule has 0 spiro atoms. The van der Waals surface area contributed by atoms with Crippen molar-refractivity contribution < 1.29 is 33.6 Å². The molecule has 2 saturated heterocycles. The number of hydrogen-bond donors (Lipinski definition) is 3. The molecule has 1 aromatic rings. The van der Waals surface area contributed by atoms with Gasteiger partial charge in [-0.05, 0) is 49.3 Å². The molecule has 3 rings (SSSR count). The molecule has 2 fully saturated rings. The van der Waals surface area contributed by atoms with Gasteiger partial charge in [0.2, 0.25) is 0 Å². The molecule has 1 aromatic carbocycles. The van der Waals surface area contributed by atoms with Crippen molar-refractivity contribution in [2.45, 2.75) is 63.4 Å². The summed E-state index contributed by atoms with van der Waals surface area (Å²) in [6, 6.07) is 6.79. The Morgan fingerprint density at radius 3 is 2.76 bits per heavy atom. The maximum absolute atomic E-state index is 13.4. The molecular weight excluding hydrogens is 514 g/mol. The summed E-state index contributed by atoms with van der Waals surface area (Å²) < 4.78 is 22.3. The third kappa shape index (κ3) is 9.57. The lowest BCUT2D eigenvalue weighted by Gasteiger charge is -2.38. The highest BCUT2D eigenvalue weighted by Crippen LogP contribution is 2.28. The van der Waals surface area contributed by atoms with E-state index in [1.165, 1.54) is 7.11 Å². The van der Waals surface area contributed by atoms with Crippen LogP contribution in [0.3, 0.4) is 0 Å². The van der Waals surface area contributed by atoms with Crippen LogP contribution in [0.5, 0.6) is 0 Å². The number of aliphatic hydroxyl groups excluding tert-OH is 1. The Bertz CT molecular complexity index is 871. The second-order valence-corrected chi connectivity index (χ2v) is 10.3. The Hall–Kier alpha value is -2.11. The summed E-state index contributed by atoms with van der Waals surface area (Å²) in [5.74, 6) is 0.414. The van der Waals surface area contributed by atoms with Gasteiger partial charge in [0, 0.05) is 31.3 Å². The highest BCUT2D eigenvalue weighted by atomic mass is 35.5. The highest BCUT2D eigenvalue weighted by molar-refractivity contribution is 6.30. The topological polar surface area (TPSA) is 119 Å². The van der Waals surface area contributed by atoms with Gasteiger partial charge in [-0.2, -0.15) is 0 Å². The van der Waals surface area contributed by atoms with Crippen LogP contribution in [0.15, 0.2) is 24.3 Å². The van der Waals surface area contributed by atoms with Crippen molar-refractivity contribution >= 4 is 23.7 Å². The lowest BCUT2D eigenvalue weighted by Crippen LogP contribution is -2.55. The Morgan fingerprint density at radius 2 is 2.05 bits per heavy atom. The number of halogens is 1. The fourth-order valence-corrected chi connectivity index (χ4v) is 5.15. The number of aliphatic hydroxyl groups is 1. The number of morpholine rings is 1. The van der Waals surface area contributed by atoms with Gasteiger partial charge < -0.3 is 39.6 Å². The number of rotatable bonds is 12. The number of carbonyl (C=O) groups excluding carboxylic acids is 2. The van der Waals surface area contributed by atoms with Gasteiger partial charge in [-0.1, -0.05) is 37.1 Å². The zero-order chi connectivity index (χ0) is 27.3. The molecule has 2 aliphatic rings. The zero-order valence-corrected chi connectivity index (χ0v) is 23.2. The maximum atomic E-state index is 13.4. The third-order valence-electron chi connectivity index (χ3n) is 7.04. The zero-order valence-electron chi connectivity index (χ0n) is 22.4. The predicted molar refractivity (Wildman–Crippen MR) is 143 cm³/mol. The third-order valence-corrected chi connectivity index (χ3v) is 7.27. The molecule has 3 amide bonds. The first kappa shape index (κ1) is 30.4. The summed E-state index contributed by atoms with van der Waals surface area (Å²) in [5.41, 5.74) is 0.818. The summed E-state index contributed by atoms with van der Waals surface area (Å²) in [5, 5.41) is 17.1. The number of ether oxygens (including phenoxy) is 4. The number of carbonyl (C=O) groups is 2. The molecule has 4 atom stereocenters. The van der Waals surface area contributed by atoms with E-state index in [2.05, 4.69) is 15.4 Å². The molecule has 0 aliphatic carbocycles. The second-order valence-electron chi connectivity index (χ2n) is 9.82. The minimum Gasteiger partial charge on any atom is -0.453 e. The van der Waals surface area contributed by atoms with Crippen LogP contribution in [0.25, 0.3) is 0 Å². The van der Waals surface area contributed by atoms with E-state index in [1.807, 2.05) is 25.1 Å². The van der Waals surface area contributed by atoms with Crippen molar-refractivity contribution in [3.8, 4) is 0 Å². The van der Waals surface area contributed by atoms with Gasteiger partial charge in [0.15, 0.2) is 0 Å². The largest absolute Gasteiger partial charge is 0.453 e. The average molecular weight is 556 g/mol. The SMILES string of the molecule is CCC[C@@H](O)[C@H](CC1CCOCC1)NC(=O)N1CCO[C@@H]([C@@H](OCCNC(=O)OC)c2cccc(Cl)c2)C1. The van der Waals surface area contributed by atoms with E-state index >= 15 is 0 Å². The molecule has 0 unspecified atom stereocenters. The fourth-order valence-electron chi connectivity index (χ4n) is 4.96. The lowest BCUT2D eigenvalue weighted by molar-refractivity contribution is -0.105. The molecular formula is C27H42ClN3O7. The van der Waals surface area contributed by atoms with Gasteiger partial charge in [0.25, 0.3) is 0 Å². The van der Waals surface area contributed by atoms with Crippen molar-refractivity contribution in [1.82, 2.24) is 15.5 Å². The van der Waals surface area contributed by atoms with Crippen LogP contribution in [0.2, 0.25) is 5.02 Å². The van der Waals surface area contributed by atoms with Crippen LogP contribution in [0, 0.1) is 5.92 Å². The Balaban J connectivity index is 1.66. The molecule has 0 bridgehead atoms. The van der Waals surface area contributed by atoms with E-state index in [9.17, 15) is 14.7 Å². The van der Waals surface area contributed by atoms with Gasteiger partial charge >= 0.3 is 12.1 Å². The number of nitrogens with zero attached hydrogens (tertiary/aromatic N) is 1. The van der Waals surface area contributed by atoms with Crippen LogP contribution in [-0.4, -0.2) is 93.6 Å². The number of alkyl carbamates (subject to hydrolysis) is 1. The molecule has 2 heterocycles. The summed E-state index contributed by atoms with van der Waals surface area (Å²) in [4.78, 5) is 26.5. The van der Waals surface area contributed by atoms with Crippen molar-refractivity contribution in [3.63, 3.8) is 0 Å². The first-order chi connectivity index (χ1) is 18.4. The summed E-state index contributed by atoms with van der Waals surface area (Å²) in [6.45, 7) is 5.03. The average Bonchev–Trinajstić information content (AvgIpc) is 2.93. The van der Waals surface area contributed by atoms with Crippen molar-refractivity contribution in [3.05, 3.63) is 34.9 Å². The maximum Gasteiger partial charge on any atom is 0.406 e. The van der Waals surface area contributed by atoms with Gasteiger partial charge in [0.1, 0.15) is 12.2 Å². The molecule has 10 nitrogen and oxygen atoms in total. The summed E-state index contributed by atoms with van der Waals surface area (Å²) in [7, 11) is 1.30. The number of amides is 3. The molecule has 3 N–H and O–H groups in total. The number of hydrogen-bond acceptors (Lipinski definition) is 7. The van der Waals surface area contributed by atoms with Crippen molar-refractivity contribution in [2.24, 2.45) is 5.92 Å². The molecule has 38 heavy (non-hydrogen) atoms. The number of methoxy groups -OCH3 is 1. The standard InChI is InChI=1S/C27H42ClN3O7/c1-3-5-23(32)22(16-19-8-12-36-13-9-19)30-26(33)31-11-15-37-24(18-31)25(20-6-4-7-21(28)17-20)38-14-10-29-27(34)35-2/h4,6-7,17,19,22-25,32H,3,5,8-16,18H2,1-2H3,(H,29,34)(H,30,33)/t22-,23+,24+,25-/m0/s1. The lowest BCUT2D eigenvalue weighted by atomic mass is 9.89. The van der Waals surface area contributed by atoms with Gasteiger partial charge in [-0.3, -0.25) is 0 Å². The van der Waals surface area contributed by atoms with Crippen LogP contribution in [-0.2, 0) is 18.9 Å². The predicted octanol–water partition coefficient (Wildman–Crippen LogP) is 3.51. The van der Waals surface area contributed by atoms with E-state index in [1.54, 1.807) is 11.0 Å². The number of benzene rings is 1. The van der Waals surface area contributed by atoms with Gasteiger partial charge in [0.05, 0.1) is 39.0 Å². The van der Waals surface area contributed by atoms with Crippen LogP contribution >= 0.6 is 11.6 Å². The number of nitrogens with one attached hydrogen (secondary N) is 2. The molecule has 11 heteroatoms. The quantitative estimate of drug-likeness (QED) is 0.338. The minimum atomic E-state index is -0.603. The van der Waals surface area contributed by atoms with E-state index in [0.717, 1.165) is 44.5 Å². The summed E-state index contributed by atoms with van der Waals surface area (Å²) >= 11 is 6.25. The van der Waals surface area contributed by atoms with E-state index in [0.29, 0.717) is 37.1 Å². The van der Waals surface area contributed by atoms with Crippen LogP contribution in [0.1, 0.15) is 50.7 Å². The van der Waals surface area contributed by atoms with E-state index < -0.39 is 24.4 Å². The Kier molecular flexibility index (Phi) is 12.9. The van der Waals surface area contributed by atoms with Crippen molar-refractivity contribution in [1.29, 1.82) is 0 Å². The van der Waals surface area contributed by atoms with Crippen LogP contribution < -0.4 is 10.6 Å². The summed E-state index contributed by atoms with van der Waals surface area (Å²) in [6.07, 6.45) is 1.98. The van der Waals surface area contributed by atoms with Gasteiger partial charge in [-0.15, -0.1) is 0 Å². The van der Waals surface area contributed by atoms with Crippen LogP contribution in [0.4, 0.5) is 9.59 Å². The fraction of sp³-hybridized carbons (Fsp3) is 0.704. The van der Waals surface area contributed by atoms with E-state index in [4.69, 9.17) is 25.8 Å². The minimum absolute atomic E-state index is 0.217. The normalized spacial score (nSPS) is 20.8. The van der Waals surface area contributed by atoms with Crippen molar-refractivity contribution in [2.75, 3.05) is 53.2 Å². The smallest absolute Gasteiger partial charge is 0.406 e. The molecule has 214 valence electrons. The highest BCUT2D eigenvalue weighted by Gasteiger charge is 2.34. The molecule has 0 aromatic heterocycles. The number of urea groups is 1. The molecule has 0 saturated carbocycles. The second kappa shape index (κ2) is 16.1.